The zero-order chi connectivity index (χ0) is 31.2. The van der Waals surface area contributed by atoms with E-state index >= 15 is 0 Å². The van der Waals surface area contributed by atoms with Crippen LogP contribution in [0.4, 0.5) is 4.79 Å². The Morgan fingerprint density at radius 1 is 0.756 bits per heavy atom. The lowest BCUT2D eigenvalue weighted by molar-refractivity contribution is -0.155. The molecule has 1 N–H and O–H groups in total. The molecule has 4 aromatic rings. The minimum atomic E-state index is -1.23. The summed E-state index contributed by atoms with van der Waals surface area (Å²) in [5.74, 6) is -1.51. The summed E-state index contributed by atoms with van der Waals surface area (Å²) in [6.07, 6.45) is -0.0568. The van der Waals surface area contributed by atoms with E-state index in [0.29, 0.717) is 24.9 Å². The maximum atomic E-state index is 13.9. The van der Waals surface area contributed by atoms with Crippen molar-refractivity contribution in [1.29, 1.82) is 0 Å². The first-order chi connectivity index (χ1) is 22.0. The van der Waals surface area contributed by atoms with Crippen LogP contribution in [-0.4, -0.2) is 53.9 Å². The summed E-state index contributed by atoms with van der Waals surface area (Å²) in [6, 6.07) is 31.9. The second-order valence-electron chi connectivity index (χ2n) is 11.3. The van der Waals surface area contributed by atoms with Gasteiger partial charge in [-0.05, 0) is 40.7 Å². The molecular formula is C37H34N2O6. The highest BCUT2D eigenvalue weighted by molar-refractivity contribution is 6.01. The maximum absolute atomic E-state index is 13.9. The van der Waals surface area contributed by atoms with Crippen LogP contribution in [-0.2, 0) is 25.7 Å². The van der Waals surface area contributed by atoms with E-state index in [2.05, 4.69) is 17.4 Å². The largest absolute Gasteiger partial charge is 0.459 e. The summed E-state index contributed by atoms with van der Waals surface area (Å²) in [5, 5.41) is 2.66. The van der Waals surface area contributed by atoms with Crippen molar-refractivity contribution in [2.45, 2.75) is 43.9 Å². The molecule has 1 aliphatic heterocycles. The van der Waals surface area contributed by atoms with Crippen LogP contribution in [0.5, 0.6) is 0 Å². The van der Waals surface area contributed by atoms with Gasteiger partial charge < -0.3 is 19.7 Å². The molecule has 1 aliphatic carbocycles. The number of nitrogens with zero attached hydrogens (tertiary/aromatic N) is 1. The number of hydrogen-bond donors (Lipinski definition) is 1. The molecule has 8 nitrogen and oxygen atoms in total. The highest BCUT2D eigenvalue weighted by atomic mass is 16.5. The summed E-state index contributed by atoms with van der Waals surface area (Å²) in [4.78, 5) is 54.9. The van der Waals surface area contributed by atoms with Gasteiger partial charge in [-0.2, -0.15) is 0 Å². The van der Waals surface area contributed by atoms with E-state index < -0.39 is 30.1 Å². The Kier molecular flexibility index (Phi) is 9.01. The fourth-order valence-corrected chi connectivity index (χ4v) is 6.21. The Hall–Kier alpha value is -5.24. The van der Waals surface area contributed by atoms with Crippen LogP contribution in [0.1, 0.15) is 52.2 Å². The molecule has 0 spiro atoms. The minimum absolute atomic E-state index is 0.0611. The second-order valence-corrected chi connectivity index (χ2v) is 11.3. The van der Waals surface area contributed by atoms with Gasteiger partial charge in [-0.25, -0.2) is 9.59 Å². The summed E-state index contributed by atoms with van der Waals surface area (Å²) >= 11 is 0. The number of ether oxygens (including phenoxy) is 2. The number of carbonyl (C=O) groups excluding carboxylic acids is 4. The number of Topliss-reactive ketones (excluding diaryl/α,β-unsaturated/α-hetero) is 1. The first-order valence-corrected chi connectivity index (χ1v) is 15.2. The average Bonchev–Trinajstić information content (AvgIpc) is 3.70. The lowest BCUT2D eigenvalue weighted by Gasteiger charge is -2.28. The number of hydrogen-bond acceptors (Lipinski definition) is 6. The predicted molar refractivity (Wildman–Crippen MR) is 168 cm³/mol. The van der Waals surface area contributed by atoms with Gasteiger partial charge in [0.05, 0.1) is 0 Å². The van der Waals surface area contributed by atoms with Crippen molar-refractivity contribution in [1.82, 2.24) is 10.2 Å². The number of likely N-dealkylation sites (tertiary alicyclic amines) is 1. The van der Waals surface area contributed by atoms with E-state index in [1.807, 2.05) is 66.7 Å². The van der Waals surface area contributed by atoms with Crippen molar-refractivity contribution >= 4 is 23.8 Å². The van der Waals surface area contributed by atoms with Crippen molar-refractivity contribution in [3.63, 3.8) is 0 Å². The number of nitrogens with one attached hydrogen (secondary N) is 1. The second kappa shape index (κ2) is 13.6. The van der Waals surface area contributed by atoms with Crippen molar-refractivity contribution in [3.05, 3.63) is 131 Å². The van der Waals surface area contributed by atoms with Crippen LogP contribution < -0.4 is 5.32 Å². The number of alkyl carbamates (subject to hydrolysis) is 1. The summed E-state index contributed by atoms with van der Waals surface area (Å²) in [6.45, 7) is 0.462. The Morgan fingerprint density at radius 2 is 1.36 bits per heavy atom. The van der Waals surface area contributed by atoms with Crippen LogP contribution in [0.2, 0.25) is 0 Å². The van der Waals surface area contributed by atoms with E-state index in [9.17, 15) is 19.2 Å². The molecule has 1 saturated heterocycles. The van der Waals surface area contributed by atoms with Gasteiger partial charge in [0.2, 0.25) is 5.91 Å². The van der Waals surface area contributed by atoms with E-state index in [4.69, 9.17) is 9.47 Å². The fourth-order valence-electron chi connectivity index (χ4n) is 6.21. The SMILES string of the molecule is O=C(N[C@@H](CC(=O)c1ccccc1)C(=O)N1CCC[C@H]1C(=O)OCc1ccccc1)OCC1c2ccccc2-c2ccccc21. The van der Waals surface area contributed by atoms with Gasteiger partial charge >= 0.3 is 12.1 Å². The first-order valence-electron chi connectivity index (χ1n) is 15.2. The van der Waals surface area contributed by atoms with E-state index in [0.717, 1.165) is 27.8 Å². The van der Waals surface area contributed by atoms with Gasteiger partial charge in [0.25, 0.3) is 0 Å². The fraction of sp³-hybridized carbons (Fsp3) is 0.243. The van der Waals surface area contributed by atoms with Crippen molar-refractivity contribution in [2.75, 3.05) is 13.2 Å². The quantitative estimate of drug-likeness (QED) is 0.179. The Balaban J connectivity index is 1.16. The minimum Gasteiger partial charge on any atom is -0.459 e. The Labute approximate surface area is 262 Å². The zero-order valence-corrected chi connectivity index (χ0v) is 24.8. The average molecular weight is 603 g/mol. The van der Waals surface area contributed by atoms with E-state index in [-0.39, 0.29) is 31.3 Å². The van der Waals surface area contributed by atoms with Gasteiger partial charge in [-0.3, -0.25) is 9.59 Å². The number of amides is 2. The number of ketones is 1. The van der Waals surface area contributed by atoms with Crippen LogP contribution >= 0.6 is 0 Å². The van der Waals surface area contributed by atoms with Crippen molar-refractivity contribution in [2.24, 2.45) is 0 Å². The monoisotopic (exact) mass is 602 g/mol. The molecule has 4 aromatic carbocycles. The van der Waals surface area contributed by atoms with Crippen LogP contribution in [0, 0.1) is 0 Å². The Bertz CT molecular complexity index is 1640. The molecular weight excluding hydrogens is 568 g/mol. The summed E-state index contributed by atoms with van der Waals surface area (Å²) < 4.78 is 11.3. The predicted octanol–water partition coefficient (Wildman–Crippen LogP) is 5.90. The summed E-state index contributed by atoms with van der Waals surface area (Å²) in [7, 11) is 0. The van der Waals surface area contributed by atoms with E-state index in [1.54, 1.807) is 30.3 Å². The molecule has 45 heavy (non-hydrogen) atoms. The maximum Gasteiger partial charge on any atom is 0.407 e. The summed E-state index contributed by atoms with van der Waals surface area (Å²) in [5.41, 5.74) is 5.58. The molecule has 6 rings (SSSR count). The molecule has 8 heteroatoms. The molecule has 0 radical (unpaired) electrons. The van der Waals surface area contributed by atoms with Crippen LogP contribution in [0.3, 0.4) is 0 Å². The molecule has 228 valence electrons. The molecule has 0 aromatic heterocycles. The molecule has 0 saturated carbocycles. The number of esters is 1. The van der Waals surface area contributed by atoms with Gasteiger partial charge in [-0.1, -0.05) is 109 Å². The first kappa shape index (κ1) is 29.8. The third kappa shape index (κ3) is 6.65. The molecule has 1 heterocycles. The van der Waals surface area contributed by atoms with Crippen molar-refractivity contribution in [3.8, 4) is 11.1 Å². The molecule has 0 bridgehead atoms. The number of rotatable bonds is 10. The van der Waals surface area contributed by atoms with Gasteiger partial charge in [0, 0.05) is 24.4 Å². The highest BCUT2D eigenvalue weighted by Gasteiger charge is 2.40. The zero-order valence-electron chi connectivity index (χ0n) is 24.8. The van der Waals surface area contributed by atoms with Gasteiger partial charge in [0.1, 0.15) is 25.3 Å². The third-order valence-corrected chi connectivity index (χ3v) is 8.45. The highest BCUT2D eigenvalue weighted by Crippen LogP contribution is 2.44. The number of benzene rings is 4. The van der Waals surface area contributed by atoms with Crippen LogP contribution in [0.15, 0.2) is 109 Å². The van der Waals surface area contributed by atoms with Crippen LogP contribution in [0.25, 0.3) is 11.1 Å². The molecule has 2 amide bonds. The molecule has 0 unspecified atom stereocenters. The smallest absolute Gasteiger partial charge is 0.407 e. The Morgan fingerprint density at radius 3 is 2.02 bits per heavy atom. The molecule has 2 atom stereocenters. The standard InChI is InChI=1S/C37H34N2O6/c40-34(26-14-5-2-6-15-26)22-32(35(41)39-21-11-20-33(39)36(42)44-23-25-12-3-1-4-13-25)38-37(43)45-24-31-29-18-9-7-16-27(29)28-17-8-10-19-30(28)31/h1-10,12-19,31-33H,11,20-24H2,(H,38,43)/t32-,33-/m0/s1. The molecule has 2 aliphatic rings. The number of carbonyl (C=O) groups is 4. The van der Waals surface area contributed by atoms with Gasteiger partial charge in [-0.15, -0.1) is 0 Å². The topological polar surface area (TPSA) is 102 Å². The third-order valence-electron chi connectivity index (χ3n) is 8.45. The lowest BCUT2D eigenvalue weighted by atomic mass is 9.98. The molecule has 1 fully saturated rings. The normalized spacial score (nSPS) is 15.9. The van der Waals surface area contributed by atoms with Crippen molar-refractivity contribution < 1.29 is 28.7 Å². The lowest BCUT2D eigenvalue weighted by Crippen LogP contribution is -2.52. The number of fused-ring (bicyclic) bond motifs is 3. The van der Waals surface area contributed by atoms with Gasteiger partial charge in [0.15, 0.2) is 5.78 Å². The van der Waals surface area contributed by atoms with E-state index in [1.165, 1.54) is 4.90 Å².